The number of fused-ring (bicyclic) bond motifs is 1. The summed E-state index contributed by atoms with van der Waals surface area (Å²) >= 11 is 0. The highest BCUT2D eigenvalue weighted by Crippen LogP contribution is 2.28. The molecule has 0 saturated carbocycles. The minimum absolute atomic E-state index is 0.168. The van der Waals surface area contributed by atoms with E-state index in [1.54, 1.807) is 0 Å². The molecule has 0 saturated heterocycles. The second-order valence-corrected chi connectivity index (χ2v) is 5.36. The number of halogens is 1. The highest BCUT2D eigenvalue weighted by molar-refractivity contribution is 5.83. The Morgan fingerprint density at radius 2 is 1.80 bits per heavy atom. The molecule has 102 valence electrons. The normalized spacial score (nSPS) is 12.7. The third-order valence-corrected chi connectivity index (χ3v) is 3.93. The van der Waals surface area contributed by atoms with Gasteiger partial charge in [-0.2, -0.15) is 0 Å². The number of hydrogen-bond donors (Lipinski definition) is 1. The van der Waals surface area contributed by atoms with Crippen LogP contribution in [0.4, 0.5) is 4.39 Å². The van der Waals surface area contributed by atoms with E-state index in [2.05, 4.69) is 36.3 Å². The minimum Gasteiger partial charge on any atom is -0.361 e. The molecule has 0 radical (unpaired) electrons. The molecule has 1 unspecified atom stereocenters. The van der Waals surface area contributed by atoms with Crippen LogP contribution >= 0.6 is 0 Å². The number of H-pyrrole nitrogens is 1. The third kappa shape index (κ3) is 2.60. The summed E-state index contributed by atoms with van der Waals surface area (Å²) in [6.07, 6.45) is 4.15. The van der Waals surface area contributed by atoms with Crippen molar-refractivity contribution >= 4 is 10.9 Å². The zero-order valence-corrected chi connectivity index (χ0v) is 11.6. The zero-order valence-electron chi connectivity index (χ0n) is 11.6. The fraction of sp³-hybridized carbons (Fsp3) is 0.222. The predicted molar refractivity (Wildman–Crippen MR) is 81.4 cm³/mol. The Labute approximate surface area is 118 Å². The Morgan fingerprint density at radius 1 is 1.05 bits per heavy atom. The number of nitrogens with one attached hydrogen (secondary N) is 1. The second kappa shape index (κ2) is 5.49. The summed E-state index contributed by atoms with van der Waals surface area (Å²) < 4.78 is 12.9. The van der Waals surface area contributed by atoms with Gasteiger partial charge in [-0.25, -0.2) is 4.39 Å². The molecule has 0 aliphatic rings. The average molecular weight is 267 g/mol. The average Bonchev–Trinajstić information content (AvgIpc) is 2.90. The van der Waals surface area contributed by atoms with Crippen LogP contribution in [0.25, 0.3) is 10.9 Å². The van der Waals surface area contributed by atoms with Gasteiger partial charge >= 0.3 is 0 Å². The van der Waals surface area contributed by atoms with E-state index in [-0.39, 0.29) is 5.82 Å². The lowest BCUT2D eigenvalue weighted by Gasteiger charge is -2.10. The Bertz CT molecular complexity index is 697. The van der Waals surface area contributed by atoms with E-state index in [0.717, 1.165) is 12.8 Å². The molecule has 1 nitrogen and oxygen atoms in total. The fourth-order valence-corrected chi connectivity index (χ4v) is 2.69. The maximum absolute atomic E-state index is 12.9. The first-order valence-corrected chi connectivity index (χ1v) is 7.04. The molecule has 0 spiro atoms. The van der Waals surface area contributed by atoms with Crippen LogP contribution in [0, 0.1) is 5.82 Å². The molecule has 3 rings (SSSR count). The predicted octanol–water partition coefficient (Wildman–Crippen LogP) is 5.04. The van der Waals surface area contributed by atoms with Crippen molar-refractivity contribution in [2.75, 3.05) is 0 Å². The SMILES string of the molecule is CC(CCc1ccc(F)cc1)c1c[nH]c2ccccc12. The monoisotopic (exact) mass is 267 g/mol. The lowest BCUT2D eigenvalue weighted by Crippen LogP contribution is -1.96. The van der Waals surface area contributed by atoms with Crippen molar-refractivity contribution in [3.05, 3.63) is 71.7 Å². The van der Waals surface area contributed by atoms with Crippen molar-refractivity contribution < 1.29 is 4.39 Å². The highest BCUT2D eigenvalue weighted by Gasteiger charge is 2.11. The molecule has 0 bridgehead atoms. The van der Waals surface area contributed by atoms with Crippen molar-refractivity contribution in [1.82, 2.24) is 4.98 Å². The van der Waals surface area contributed by atoms with E-state index in [4.69, 9.17) is 0 Å². The van der Waals surface area contributed by atoms with Gasteiger partial charge in [-0.15, -0.1) is 0 Å². The van der Waals surface area contributed by atoms with Crippen LogP contribution in [-0.2, 0) is 6.42 Å². The van der Waals surface area contributed by atoms with Crippen molar-refractivity contribution in [2.24, 2.45) is 0 Å². The topological polar surface area (TPSA) is 15.8 Å². The third-order valence-electron chi connectivity index (χ3n) is 3.93. The van der Waals surface area contributed by atoms with Gasteiger partial charge in [0.1, 0.15) is 5.82 Å². The molecule has 1 atom stereocenters. The van der Waals surface area contributed by atoms with Gasteiger partial charge in [0.25, 0.3) is 0 Å². The summed E-state index contributed by atoms with van der Waals surface area (Å²) in [5.41, 5.74) is 3.75. The lowest BCUT2D eigenvalue weighted by molar-refractivity contribution is 0.625. The number of aromatic nitrogens is 1. The molecule has 1 N–H and O–H groups in total. The summed E-state index contributed by atoms with van der Waals surface area (Å²) in [6.45, 7) is 2.25. The van der Waals surface area contributed by atoms with E-state index in [0.29, 0.717) is 5.92 Å². The Kier molecular flexibility index (Phi) is 3.55. The van der Waals surface area contributed by atoms with E-state index >= 15 is 0 Å². The maximum Gasteiger partial charge on any atom is 0.123 e. The standard InChI is InChI=1S/C18H18FN/c1-13(6-7-14-8-10-15(19)11-9-14)17-12-20-18-5-3-2-4-16(17)18/h2-5,8-13,20H,6-7H2,1H3. The second-order valence-electron chi connectivity index (χ2n) is 5.36. The molecule has 2 aromatic carbocycles. The van der Waals surface area contributed by atoms with Crippen LogP contribution in [0.5, 0.6) is 0 Å². The van der Waals surface area contributed by atoms with Gasteiger partial charge in [-0.3, -0.25) is 0 Å². The van der Waals surface area contributed by atoms with Gasteiger partial charge in [0.05, 0.1) is 0 Å². The molecular weight excluding hydrogens is 249 g/mol. The Balaban J connectivity index is 1.73. The molecule has 2 heteroatoms. The Hall–Kier alpha value is -2.09. The quantitative estimate of drug-likeness (QED) is 0.681. The summed E-state index contributed by atoms with van der Waals surface area (Å²) in [7, 11) is 0. The molecule has 1 heterocycles. The molecule has 0 fully saturated rings. The van der Waals surface area contributed by atoms with E-state index < -0.39 is 0 Å². The first kappa shape index (κ1) is 12.9. The number of aromatic amines is 1. The number of benzene rings is 2. The van der Waals surface area contributed by atoms with Crippen LogP contribution in [0.15, 0.2) is 54.7 Å². The van der Waals surface area contributed by atoms with Crippen molar-refractivity contribution in [1.29, 1.82) is 0 Å². The minimum atomic E-state index is -0.168. The van der Waals surface area contributed by atoms with E-state index in [9.17, 15) is 4.39 Å². The molecule has 0 amide bonds. The van der Waals surface area contributed by atoms with Crippen molar-refractivity contribution in [3.8, 4) is 0 Å². The number of aryl methyl sites for hydroxylation is 1. The summed E-state index contributed by atoms with van der Waals surface area (Å²) in [5.74, 6) is 0.314. The molecule has 1 aromatic heterocycles. The van der Waals surface area contributed by atoms with E-state index in [1.165, 1.54) is 34.2 Å². The molecular formula is C18H18FN. The highest BCUT2D eigenvalue weighted by atomic mass is 19.1. The van der Waals surface area contributed by atoms with Crippen LogP contribution < -0.4 is 0 Å². The van der Waals surface area contributed by atoms with Gasteiger partial charge in [-0.1, -0.05) is 37.3 Å². The number of hydrogen-bond acceptors (Lipinski definition) is 0. The molecule has 3 aromatic rings. The fourth-order valence-electron chi connectivity index (χ4n) is 2.69. The van der Waals surface area contributed by atoms with Crippen LogP contribution in [0.1, 0.15) is 30.4 Å². The van der Waals surface area contributed by atoms with Crippen LogP contribution in [0.3, 0.4) is 0 Å². The molecule has 0 aliphatic heterocycles. The van der Waals surface area contributed by atoms with Gasteiger partial charge in [0.15, 0.2) is 0 Å². The van der Waals surface area contributed by atoms with Gasteiger partial charge in [-0.05, 0) is 48.1 Å². The van der Waals surface area contributed by atoms with Gasteiger partial charge in [0, 0.05) is 17.1 Å². The maximum atomic E-state index is 12.9. The van der Waals surface area contributed by atoms with Crippen LogP contribution in [0.2, 0.25) is 0 Å². The first-order chi connectivity index (χ1) is 9.74. The Morgan fingerprint density at radius 3 is 2.60 bits per heavy atom. The van der Waals surface area contributed by atoms with Gasteiger partial charge in [0.2, 0.25) is 0 Å². The largest absolute Gasteiger partial charge is 0.361 e. The zero-order chi connectivity index (χ0) is 13.9. The van der Waals surface area contributed by atoms with Crippen molar-refractivity contribution in [2.45, 2.75) is 25.7 Å². The van der Waals surface area contributed by atoms with Gasteiger partial charge < -0.3 is 4.98 Å². The van der Waals surface area contributed by atoms with Crippen molar-refractivity contribution in [3.63, 3.8) is 0 Å². The smallest absolute Gasteiger partial charge is 0.123 e. The molecule has 20 heavy (non-hydrogen) atoms. The summed E-state index contributed by atoms with van der Waals surface area (Å²) in [4.78, 5) is 3.33. The number of para-hydroxylation sites is 1. The summed E-state index contributed by atoms with van der Waals surface area (Å²) in [6, 6.07) is 15.2. The van der Waals surface area contributed by atoms with Crippen LogP contribution in [-0.4, -0.2) is 4.98 Å². The molecule has 0 aliphatic carbocycles. The number of rotatable bonds is 4. The lowest BCUT2D eigenvalue weighted by atomic mass is 9.94. The summed E-state index contributed by atoms with van der Waals surface area (Å²) in [5, 5.41) is 1.30. The first-order valence-electron chi connectivity index (χ1n) is 7.04. The van der Waals surface area contributed by atoms with E-state index in [1.807, 2.05) is 18.2 Å².